The molecule has 1 saturated heterocycles. The van der Waals surface area contributed by atoms with Crippen molar-refractivity contribution in [3.8, 4) is 5.75 Å². The minimum absolute atomic E-state index is 0.157. The average molecular weight is 345 g/mol. The van der Waals surface area contributed by atoms with Gasteiger partial charge in [0.15, 0.2) is 6.61 Å². The van der Waals surface area contributed by atoms with E-state index in [1.165, 1.54) is 0 Å². The zero-order chi connectivity index (χ0) is 17.6. The number of piperidine rings is 1. The lowest BCUT2D eigenvalue weighted by atomic mass is 9.93. The van der Waals surface area contributed by atoms with Crippen LogP contribution >= 0.6 is 0 Å². The molecule has 1 aliphatic heterocycles. The Labute approximate surface area is 139 Å². The standard InChI is InChI=1S/C17H22F3NO3/c18-17(19,20)12-24-15-6-2-1-5-14(15)11-21-9-3-4-13(10-21)7-8-16(22)23/h1-2,5-6,13H,3-4,7-12H2,(H,22,23). The van der Waals surface area contributed by atoms with E-state index in [9.17, 15) is 18.0 Å². The number of ether oxygens (including phenoxy) is 1. The molecule has 1 unspecified atom stereocenters. The van der Waals surface area contributed by atoms with Gasteiger partial charge in [-0.2, -0.15) is 13.2 Å². The van der Waals surface area contributed by atoms with Gasteiger partial charge in [-0.1, -0.05) is 18.2 Å². The fraction of sp³-hybridized carbons (Fsp3) is 0.588. The lowest BCUT2D eigenvalue weighted by Gasteiger charge is -2.33. The summed E-state index contributed by atoms with van der Waals surface area (Å²) in [4.78, 5) is 12.8. The van der Waals surface area contributed by atoms with Crippen LogP contribution in [0.2, 0.25) is 0 Å². The Morgan fingerprint density at radius 1 is 1.33 bits per heavy atom. The van der Waals surface area contributed by atoms with Crippen molar-refractivity contribution in [1.82, 2.24) is 4.90 Å². The molecule has 1 aromatic carbocycles. The first-order valence-corrected chi connectivity index (χ1v) is 8.05. The summed E-state index contributed by atoms with van der Waals surface area (Å²) in [5, 5.41) is 8.78. The van der Waals surface area contributed by atoms with Gasteiger partial charge in [-0.05, 0) is 37.8 Å². The maximum atomic E-state index is 12.3. The molecule has 1 fully saturated rings. The zero-order valence-electron chi connectivity index (χ0n) is 13.4. The van der Waals surface area contributed by atoms with Crippen LogP contribution in [0.1, 0.15) is 31.2 Å². The zero-order valence-corrected chi connectivity index (χ0v) is 13.4. The number of carbonyl (C=O) groups is 1. The average Bonchev–Trinajstić information content (AvgIpc) is 2.52. The molecule has 1 heterocycles. The van der Waals surface area contributed by atoms with Crippen LogP contribution in [0.25, 0.3) is 0 Å². The summed E-state index contributed by atoms with van der Waals surface area (Å²) in [5.41, 5.74) is 0.723. The summed E-state index contributed by atoms with van der Waals surface area (Å²) >= 11 is 0. The first-order chi connectivity index (χ1) is 11.3. The van der Waals surface area contributed by atoms with E-state index in [-0.39, 0.29) is 12.2 Å². The molecule has 1 aromatic rings. The Morgan fingerprint density at radius 3 is 2.79 bits per heavy atom. The van der Waals surface area contributed by atoms with Gasteiger partial charge in [-0.3, -0.25) is 9.69 Å². The number of hydrogen-bond acceptors (Lipinski definition) is 3. The van der Waals surface area contributed by atoms with Gasteiger partial charge in [0.25, 0.3) is 0 Å². The van der Waals surface area contributed by atoms with Crippen molar-refractivity contribution in [2.24, 2.45) is 5.92 Å². The van der Waals surface area contributed by atoms with Crippen LogP contribution in [0.3, 0.4) is 0 Å². The largest absolute Gasteiger partial charge is 0.484 e. The van der Waals surface area contributed by atoms with E-state index in [1.807, 2.05) is 0 Å². The maximum absolute atomic E-state index is 12.3. The van der Waals surface area contributed by atoms with Gasteiger partial charge < -0.3 is 9.84 Å². The number of carboxylic acids is 1. The third-order valence-corrected chi connectivity index (χ3v) is 4.13. The van der Waals surface area contributed by atoms with Crippen molar-refractivity contribution in [2.45, 2.75) is 38.4 Å². The minimum Gasteiger partial charge on any atom is -0.484 e. The van der Waals surface area contributed by atoms with Crippen LogP contribution < -0.4 is 4.74 Å². The molecule has 24 heavy (non-hydrogen) atoms. The molecule has 1 aliphatic rings. The number of carboxylic acid groups (broad SMARTS) is 1. The predicted octanol–water partition coefficient (Wildman–Crippen LogP) is 3.70. The molecule has 134 valence electrons. The van der Waals surface area contributed by atoms with Gasteiger partial charge in [0, 0.05) is 25.1 Å². The van der Waals surface area contributed by atoms with E-state index in [0.29, 0.717) is 18.9 Å². The number of likely N-dealkylation sites (tertiary alicyclic amines) is 1. The second-order valence-electron chi connectivity index (χ2n) is 6.19. The van der Waals surface area contributed by atoms with Crippen molar-refractivity contribution in [2.75, 3.05) is 19.7 Å². The Balaban J connectivity index is 1.93. The highest BCUT2D eigenvalue weighted by atomic mass is 19.4. The molecular formula is C17H22F3NO3. The van der Waals surface area contributed by atoms with E-state index >= 15 is 0 Å². The highest BCUT2D eigenvalue weighted by molar-refractivity contribution is 5.66. The Hall–Kier alpha value is -1.76. The molecule has 0 aliphatic carbocycles. The van der Waals surface area contributed by atoms with Crippen LogP contribution in [0.4, 0.5) is 13.2 Å². The lowest BCUT2D eigenvalue weighted by Crippen LogP contribution is -2.35. The lowest BCUT2D eigenvalue weighted by molar-refractivity contribution is -0.153. The Kier molecular flexibility index (Phi) is 6.48. The third-order valence-electron chi connectivity index (χ3n) is 4.13. The van der Waals surface area contributed by atoms with Crippen molar-refractivity contribution >= 4 is 5.97 Å². The summed E-state index contributed by atoms with van der Waals surface area (Å²) in [7, 11) is 0. The first kappa shape index (κ1) is 18.6. The monoisotopic (exact) mass is 345 g/mol. The Morgan fingerprint density at radius 2 is 2.08 bits per heavy atom. The number of halogens is 3. The topological polar surface area (TPSA) is 49.8 Å². The van der Waals surface area contributed by atoms with Crippen LogP contribution in [-0.2, 0) is 11.3 Å². The van der Waals surface area contributed by atoms with Gasteiger partial charge in [0.05, 0.1) is 0 Å². The van der Waals surface area contributed by atoms with E-state index in [1.54, 1.807) is 24.3 Å². The summed E-state index contributed by atoms with van der Waals surface area (Å²) in [6.45, 7) is 0.834. The van der Waals surface area contributed by atoms with Crippen molar-refractivity contribution in [1.29, 1.82) is 0 Å². The molecule has 0 spiro atoms. The van der Waals surface area contributed by atoms with Gasteiger partial charge in [0.2, 0.25) is 0 Å². The van der Waals surface area contributed by atoms with Crippen LogP contribution in [0, 0.1) is 5.92 Å². The quantitative estimate of drug-likeness (QED) is 0.819. The second-order valence-corrected chi connectivity index (χ2v) is 6.19. The van der Waals surface area contributed by atoms with Crippen molar-refractivity contribution < 1.29 is 27.8 Å². The molecule has 1 N–H and O–H groups in total. The number of nitrogens with zero attached hydrogens (tertiary/aromatic N) is 1. The van der Waals surface area contributed by atoms with Crippen LogP contribution in [-0.4, -0.2) is 41.8 Å². The van der Waals surface area contributed by atoms with Crippen molar-refractivity contribution in [3.05, 3.63) is 29.8 Å². The summed E-state index contributed by atoms with van der Waals surface area (Å²) in [6, 6.07) is 6.75. The normalized spacial score (nSPS) is 19.2. The minimum atomic E-state index is -4.36. The molecule has 0 amide bonds. The smallest absolute Gasteiger partial charge is 0.422 e. The highest BCUT2D eigenvalue weighted by Crippen LogP contribution is 2.26. The van der Waals surface area contributed by atoms with Gasteiger partial charge in [-0.15, -0.1) is 0 Å². The molecule has 0 aromatic heterocycles. The third kappa shape index (κ3) is 6.39. The number of rotatable bonds is 7. The van der Waals surface area contributed by atoms with E-state index in [0.717, 1.165) is 31.5 Å². The predicted molar refractivity (Wildman–Crippen MR) is 82.9 cm³/mol. The SMILES string of the molecule is O=C(O)CCC1CCCN(Cc2ccccc2OCC(F)(F)F)C1. The molecule has 1 atom stereocenters. The molecule has 7 heteroatoms. The van der Waals surface area contributed by atoms with Gasteiger partial charge >= 0.3 is 12.1 Å². The number of aliphatic carboxylic acids is 1. The molecule has 0 radical (unpaired) electrons. The Bertz CT molecular complexity index is 548. The summed E-state index contributed by atoms with van der Waals surface area (Å²) in [6.07, 6.45) is -1.60. The fourth-order valence-corrected chi connectivity index (χ4v) is 3.03. The van der Waals surface area contributed by atoms with Gasteiger partial charge in [-0.25, -0.2) is 0 Å². The van der Waals surface area contributed by atoms with Crippen molar-refractivity contribution in [3.63, 3.8) is 0 Å². The molecule has 0 bridgehead atoms. The number of hydrogen-bond donors (Lipinski definition) is 1. The number of para-hydroxylation sites is 1. The summed E-state index contributed by atoms with van der Waals surface area (Å²) in [5.74, 6) is -0.224. The maximum Gasteiger partial charge on any atom is 0.422 e. The summed E-state index contributed by atoms with van der Waals surface area (Å²) < 4.78 is 42.0. The van der Waals surface area contributed by atoms with E-state index in [2.05, 4.69) is 4.90 Å². The molecule has 4 nitrogen and oxygen atoms in total. The first-order valence-electron chi connectivity index (χ1n) is 8.05. The molecular weight excluding hydrogens is 323 g/mol. The number of benzene rings is 1. The second kappa shape index (κ2) is 8.37. The van der Waals surface area contributed by atoms with Crippen LogP contribution in [0.15, 0.2) is 24.3 Å². The molecule has 2 rings (SSSR count). The van der Waals surface area contributed by atoms with E-state index < -0.39 is 18.8 Å². The van der Waals surface area contributed by atoms with E-state index in [4.69, 9.17) is 9.84 Å². The molecule has 0 saturated carbocycles. The van der Waals surface area contributed by atoms with Crippen LogP contribution in [0.5, 0.6) is 5.75 Å². The fourth-order valence-electron chi connectivity index (χ4n) is 3.03. The van der Waals surface area contributed by atoms with Gasteiger partial charge in [0.1, 0.15) is 5.75 Å². The highest BCUT2D eigenvalue weighted by Gasteiger charge is 2.29. The number of alkyl halides is 3.